The van der Waals surface area contributed by atoms with E-state index in [1.54, 1.807) is 29.3 Å². The van der Waals surface area contributed by atoms with E-state index in [1.807, 2.05) is 12.1 Å². The summed E-state index contributed by atoms with van der Waals surface area (Å²) in [7, 11) is 0. The lowest BCUT2D eigenvalue weighted by Gasteiger charge is -2.26. The minimum absolute atomic E-state index is 0.0683. The second-order valence-electron chi connectivity index (χ2n) is 5.61. The van der Waals surface area contributed by atoms with E-state index in [0.29, 0.717) is 31.7 Å². The van der Waals surface area contributed by atoms with E-state index in [9.17, 15) is 14.4 Å². The van der Waals surface area contributed by atoms with Gasteiger partial charge in [0.15, 0.2) is 0 Å². The molecule has 1 saturated heterocycles. The molecule has 1 N–H and O–H groups in total. The van der Waals surface area contributed by atoms with E-state index in [-0.39, 0.29) is 30.5 Å². The number of aromatic nitrogens is 1. The average molecular weight is 329 g/mol. The van der Waals surface area contributed by atoms with Crippen LogP contribution in [-0.4, -0.2) is 54.1 Å². The minimum atomic E-state index is -0.367. The first-order valence-corrected chi connectivity index (χ1v) is 7.85. The largest absolute Gasteiger partial charge is 0.378 e. The lowest BCUT2D eigenvalue weighted by atomic mass is 10.2. The first-order chi connectivity index (χ1) is 11.6. The number of morpholine rings is 1. The fourth-order valence-corrected chi connectivity index (χ4v) is 2.66. The van der Waals surface area contributed by atoms with Crippen LogP contribution in [0.15, 0.2) is 41.3 Å². The molecular formula is C17H19N3O4. The fraction of sp³-hybridized carbons (Fsp3) is 0.353. The highest BCUT2D eigenvalue weighted by Crippen LogP contribution is 2.07. The minimum Gasteiger partial charge on any atom is -0.378 e. The number of carbonyl (C=O) groups is 2. The Morgan fingerprint density at radius 2 is 1.88 bits per heavy atom. The molecule has 0 atom stereocenters. The van der Waals surface area contributed by atoms with Crippen LogP contribution in [0.5, 0.6) is 0 Å². The smallest absolute Gasteiger partial charge is 0.258 e. The Labute approximate surface area is 138 Å². The summed E-state index contributed by atoms with van der Waals surface area (Å²) in [5, 5.41) is 3.97. The zero-order valence-corrected chi connectivity index (χ0v) is 13.2. The van der Waals surface area contributed by atoms with Gasteiger partial charge in [0.25, 0.3) is 5.56 Å². The number of rotatable bonds is 4. The van der Waals surface area contributed by atoms with E-state index in [4.69, 9.17) is 4.74 Å². The highest BCUT2D eigenvalue weighted by Gasteiger charge is 2.17. The number of ether oxygens (including phenoxy) is 1. The van der Waals surface area contributed by atoms with Crippen molar-refractivity contribution in [2.45, 2.75) is 6.54 Å². The molecule has 2 amide bonds. The lowest BCUT2D eigenvalue weighted by molar-refractivity contribution is -0.136. The van der Waals surface area contributed by atoms with Crippen LogP contribution in [0.4, 0.5) is 0 Å². The molecule has 7 heteroatoms. The van der Waals surface area contributed by atoms with Crippen LogP contribution >= 0.6 is 0 Å². The Kier molecular flexibility index (Phi) is 4.90. The van der Waals surface area contributed by atoms with Crippen molar-refractivity contribution in [3.63, 3.8) is 0 Å². The molecule has 24 heavy (non-hydrogen) atoms. The number of nitrogens with one attached hydrogen (secondary N) is 1. The van der Waals surface area contributed by atoms with Crippen molar-refractivity contribution in [3.8, 4) is 0 Å². The van der Waals surface area contributed by atoms with Crippen LogP contribution in [-0.2, 0) is 20.9 Å². The van der Waals surface area contributed by atoms with Gasteiger partial charge in [-0.15, -0.1) is 0 Å². The standard InChI is InChI=1S/C17H19N3O4/c21-15(18-11-16(22)19-7-9-24-10-8-19)12-20-6-5-13-3-1-2-4-14(13)17(20)23/h1-6H,7-12H2,(H,18,21). The summed E-state index contributed by atoms with van der Waals surface area (Å²) in [6.45, 7) is 1.94. The predicted molar refractivity (Wildman–Crippen MR) is 88.6 cm³/mol. The molecule has 0 aliphatic carbocycles. The zero-order chi connectivity index (χ0) is 16.9. The molecule has 0 radical (unpaired) electrons. The predicted octanol–water partition coefficient (Wildman–Crippen LogP) is -0.0235. The van der Waals surface area contributed by atoms with Crippen molar-refractivity contribution in [1.29, 1.82) is 0 Å². The number of amides is 2. The van der Waals surface area contributed by atoms with Crippen LogP contribution in [0.1, 0.15) is 0 Å². The van der Waals surface area contributed by atoms with Crippen molar-refractivity contribution in [1.82, 2.24) is 14.8 Å². The fourth-order valence-electron chi connectivity index (χ4n) is 2.66. The number of nitrogens with zero attached hydrogens (tertiary/aromatic N) is 2. The summed E-state index contributed by atoms with van der Waals surface area (Å²) in [6, 6.07) is 9.02. The Balaban J connectivity index is 1.60. The summed E-state index contributed by atoms with van der Waals surface area (Å²) in [5.74, 6) is -0.508. The van der Waals surface area contributed by atoms with Crippen LogP contribution in [0.2, 0.25) is 0 Å². The van der Waals surface area contributed by atoms with Crippen molar-refractivity contribution in [2.24, 2.45) is 0 Å². The monoisotopic (exact) mass is 329 g/mol. The van der Waals surface area contributed by atoms with E-state index >= 15 is 0 Å². The molecule has 126 valence electrons. The topological polar surface area (TPSA) is 80.6 Å². The molecule has 0 saturated carbocycles. The maximum absolute atomic E-state index is 12.3. The van der Waals surface area contributed by atoms with E-state index in [1.165, 1.54) is 4.57 Å². The summed E-state index contributed by atoms with van der Waals surface area (Å²) < 4.78 is 6.53. The first kappa shape index (κ1) is 16.2. The maximum atomic E-state index is 12.3. The number of pyridine rings is 1. The van der Waals surface area contributed by atoms with Crippen LogP contribution in [0.3, 0.4) is 0 Å². The molecule has 1 aromatic heterocycles. The number of fused-ring (bicyclic) bond motifs is 1. The number of hydrogen-bond donors (Lipinski definition) is 1. The van der Waals surface area contributed by atoms with Gasteiger partial charge < -0.3 is 19.5 Å². The normalized spacial score (nSPS) is 14.6. The highest BCUT2D eigenvalue weighted by molar-refractivity contribution is 5.85. The maximum Gasteiger partial charge on any atom is 0.258 e. The number of hydrogen-bond acceptors (Lipinski definition) is 4. The molecule has 0 spiro atoms. The number of carbonyl (C=O) groups excluding carboxylic acids is 2. The summed E-state index contributed by atoms with van der Waals surface area (Å²) in [4.78, 5) is 38.0. The van der Waals surface area contributed by atoms with Gasteiger partial charge >= 0.3 is 0 Å². The van der Waals surface area contributed by atoms with Gasteiger partial charge in [-0.3, -0.25) is 14.4 Å². The zero-order valence-electron chi connectivity index (χ0n) is 13.2. The molecule has 2 heterocycles. The third-order valence-corrected chi connectivity index (χ3v) is 4.00. The van der Waals surface area contributed by atoms with Crippen LogP contribution in [0, 0.1) is 0 Å². The third-order valence-electron chi connectivity index (χ3n) is 4.00. The summed E-state index contributed by atoms with van der Waals surface area (Å²) >= 11 is 0. The first-order valence-electron chi connectivity index (χ1n) is 7.85. The summed E-state index contributed by atoms with van der Waals surface area (Å²) in [6.07, 6.45) is 1.59. The van der Waals surface area contributed by atoms with E-state index in [0.717, 1.165) is 5.39 Å². The lowest BCUT2D eigenvalue weighted by Crippen LogP contribution is -2.46. The van der Waals surface area contributed by atoms with Gasteiger partial charge in [0.2, 0.25) is 11.8 Å². The molecule has 7 nitrogen and oxygen atoms in total. The Bertz CT molecular complexity index is 809. The molecule has 0 bridgehead atoms. The Morgan fingerprint density at radius 1 is 1.12 bits per heavy atom. The molecule has 1 fully saturated rings. The van der Waals surface area contributed by atoms with Gasteiger partial charge in [0.05, 0.1) is 19.8 Å². The van der Waals surface area contributed by atoms with Gasteiger partial charge in [-0.25, -0.2) is 0 Å². The van der Waals surface area contributed by atoms with E-state index in [2.05, 4.69) is 5.32 Å². The van der Waals surface area contributed by atoms with Crippen molar-refractivity contribution in [2.75, 3.05) is 32.8 Å². The molecule has 1 aliphatic rings. The molecule has 2 aromatic rings. The second kappa shape index (κ2) is 7.27. The molecule has 1 aromatic carbocycles. The third kappa shape index (κ3) is 3.62. The van der Waals surface area contributed by atoms with Gasteiger partial charge in [-0.2, -0.15) is 0 Å². The molecule has 3 rings (SSSR count). The quantitative estimate of drug-likeness (QED) is 0.855. The Morgan fingerprint density at radius 3 is 2.67 bits per heavy atom. The molecular weight excluding hydrogens is 310 g/mol. The van der Waals surface area contributed by atoms with Crippen molar-refractivity contribution >= 4 is 22.6 Å². The Hall–Kier alpha value is -2.67. The average Bonchev–Trinajstić information content (AvgIpc) is 2.63. The van der Waals surface area contributed by atoms with Crippen molar-refractivity contribution < 1.29 is 14.3 Å². The van der Waals surface area contributed by atoms with Gasteiger partial charge in [0.1, 0.15) is 6.54 Å². The van der Waals surface area contributed by atoms with Crippen LogP contribution < -0.4 is 10.9 Å². The SMILES string of the molecule is O=C(Cn1ccc2ccccc2c1=O)NCC(=O)N1CCOCC1. The van der Waals surface area contributed by atoms with Gasteiger partial charge in [-0.05, 0) is 17.5 Å². The van der Waals surface area contributed by atoms with Gasteiger partial charge in [-0.1, -0.05) is 18.2 Å². The summed E-state index contributed by atoms with van der Waals surface area (Å²) in [5.41, 5.74) is -0.220. The molecule has 0 unspecified atom stereocenters. The van der Waals surface area contributed by atoms with E-state index < -0.39 is 0 Å². The van der Waals surface area contributed by atoms with Gasteiger partial charge in [0, 0.05) is 24.7 Å². The highest BCUT2D eigenvalue weighted by atomic mass is 16.5. The number of benzene rings is 1. The van der Waals surface area contributed by atoms with Crippen molar-refractivity contribution in [3.05, 3.63) is 46.9 Å². The van der Waals surface area contributed by atoms with Crippen LogP contribution in [0.25, 0.3) is 10.8 Å². The molecule has 1 aliphatic heterocycles. The second-order valence-corrected chi connectivity index (χ2v) is 5.61.